The molecule has 1 unspecified atom stereocenters. The third-order valence-electron chi connectivity index (χ3n) is 2.41. The third kappa shape index (κ3) is 4.82. The summed E-state index contributed by atoms with van der Waals surface area (Å²) in [7, 11) is -8.86. The molecule has 6 nitrogen and oxygen atoms in total. The van der Waals surface area contributed by atoms with Crippen LogP contribution in [0.25, 0.3) is 0 Å². The fourth-order valence-electron chi connectivity index (χ4n) is 1.45. The molecular formula is C11H16FNO5S2. The van der Waals surface area contributed by atoms with Crippen LogP contribution in [0.1, 0.15) is 13.8 Å². The first kappa shape index (κ1) is 17.0. The molecule has 0 spiro atoms. The molecule has 0 fully saturated rings. The highest BCUT2D eigenvalue weighted by Gasteiger charge is 2.19. The molecule has 1 aromatic rings. The molecule has 114 valence electrons. The van der Waals surface area contributed by atoms with Crippen LogP contribution >= 0.6 is 0 Å². The Kier molecular flexibility index (Phi) is 5.63. The number of rotatable bonds is 7. The summed E-state index contributed by atoms with van der Waals surface area (Å²) in [4.78, 5) is -1.02. The first-order valence-electron chi connectivity index (χ1n) is 5.83. The SMILES string of the molecule is CCOC(C)CNS(=O)(=O)c1cccc(S(=O)(=O)F)c1. The van der Waals surface area contributed by atoms with Crippen molar-refractivity contribution in [3.05, 3.63) is 24.3 Å². The quantitative estimate of drug-likeness (QED) is 0.757. The van der Waals surface area contributed by atoms with Crippen molar-refractivity contribution in [3.63, 3.8) is 0 Å². The minimum Gasteiger partial charge on any atom is -0.377 e. The predicted octanol–water partition coefficient (Wildman–Crippen LogP) is 1.05. The Labute approximate surface area is 118 Å². The predicted molar refractivity (Wildman–Crippen MR) is 71.0 cm³/mol. The molecule has 9 heteroatoms. The van der Waals surface area contributed by atoms with E-state index in [1.165, 1.54) is 6.07 Å². The smallest absolute Gasteiger partial charge is 0.332 e. The molecular weight excluding hydrogens is 309 g/mol. The van der Waals surface area contributed by atoms with Crippen LogP contribution in [0.3, 0.4) is 0 Å². The van der Waals surface area contributed by atoms with Crippen LogP contribution in [-0.2, 0) is 25.0 Å². The van der Waals surface area contributed by atoms with Gasteiger partial charge >= 0.3 is 10.2 Å². The molecule has 0 aliphatic heterocycles. The van der Waals surface area contributed by atoms with Crippen LogP contribution in [0.2, 0.25) is 0 Å². The van der Waals surface area contributed by atoms with Gasteiger partial charge in [0.15, 0.2) is 0 Å². The lowest BCUT2D eigenvalue weighted by molar-refractivity contribution is 0.0799. The lowest BCUT2D eigenvalue weighted by Crippen LogP contribution is -2.32. The molecule has 1 rings (SSSR count). The highest BCUT2D eigenvalue weighted by Crippen LogP contribution is 2.17. The van der Waals surface area contributed by atoms with Gasteiger partial charge < -0.3 is 4.74 Å². The minimum atomic E-state index is -4.94. The number of nitrogens with one attached hydrogen (secondary N) is 1. The van der Waals surface area contributed by atoms with Crippen molar-refractivity contribution in [3.8, 4) is 0 Å². The molecule has 0 aliphatic rings. The number of benzene rings is 1. The summed E-state index contributed by atoms with van der Waals surface area (Å²) in [5.41, 5.74) is 0. The van der Waals surface area contributed by atoms with Gasteiger partial charge in [0.25, 0.3) is 0 Å². The van der Waals surface area contributed by atoms with Crippen LogP contribution in [0, 0.1) is 0 Å². The fraction of sp³-hybridized carbons (Fsp3) is 0.455. The molecule has 1 atom stereocenters. The van der Waals surface area contributed by atoms with Crippen LogP contribution in [-0.4, -0.2) is 36.1 Å². The standard InChI is InChI=1S/C11H16FNO5S2/c1-3-18-9(2)8-13-20(16,17)11-6-4-5-10(7-11)19(12,14)15/h4-7,9,13H,3,8H2,1-2H3. The lowest BCUT2D eigenvalue weighted by Gasteiger charge is -2.13. The number of ether oxygens (including phenoxy) is 1. The van der Waals surface area contributed by atoms with Gasteiger partial charge in [-0.05, 0) is 32.0 Å². The van der Waals surface area contributed by atoms with Gasteiger partial charge in [-0.15, -0.1) is 3.89 Å². The van der Waals surface area contributed by atoms with Crippen molar-refractivity contribution in [1.82, 2.24) is 4.72 Å². The van der Waals surface area contributed by atoms with E-state index in [0.717, 1.165) is 18.2 Å². The van der Waals surface area contributed by atoms with Crippen molar-refractivity contribution in [2.75, 3.05) is 13.2 Å². The average Bonchev–Trinajstić information content (AvgIpc) is 2.36. The molecule has 1 aromatic carbocycles. The van der Waals surface area contributed by atoms with Crippen LogP contribution in [0.5, 0.6) is 0 Å². The van der Waals surface area contributed by atoms with Crippen molar-refractivity contribution in [1.29, 1.82) is 0 Å². The van der Waals surface area contributed by atoms with E-state index in [1.807, 2.05) is 0 Å². The molecule has 0 aromatic heterocycles. The first-order chi connectivity index (χ1) is 9.16. The third-order valence-corrected chi connectivity index (χ3v) is 4.65. The molecule has 0 radical (unpaired) electrons. The van der Waals surface area contributed by atoms with Crippen LogP contribution in [0.4, 0.5) is 3.89 Å². The summed E-state index contributed by atoms with van der Waals surface area (Å²) in [5.74, 6) is 0. The van der Waals surface area contributed by atoms with Gasteiger partial charge in [0.1, 0.15) is 0 Å². The van der Waals surface area contributed by atoms with E-state index in [0.29, 0.717) is 6.61 Å². The maximum absolute atomic E-state index is 12.8. The molecule has 0 heterocycles. The van der Waals surface area contributed by atoms with E-state index in [2.05, 4.69) is 4.72 Å². The summed E-state index contributed by atoms with van der Waals surface area (Å²) >= 11 is 0. The molecule has 0 aliphatic carbocycles. The first-order valence-corrected chi connectivity index (χ1v) is 8.69. The Morgan fingerprint density at radius 1 is 1.25 bits per heavy atom. The van der Waals surface area contributed by atoms with Crippen molar-refractivity contribution in [2.24, 2.45) is 0 Å². The Bertz CT molecular complexity index is 657. The van der Waals surface area contributed by atoms with Gasteiger partial charge in [-0.2, -0.15) is 8.42 Å². The zero-order valence-electron chi connectivity index (χ0n) is 11.0. The second-order valence-corrected chi connectivity index (χ2v) is 7.14. The Morgan fingerprint density at radius 3 is 2.40 bits per heavy atom. The van der Waals surface area contributed by atoms with E-state index in [4.69, 9.17) is 4.74 Å². The van der Waals surface area contributed by atoms with Crippen molar-refractivity contribution < 1.29 is 25.5 Å². The van der Waals surface area contributed by atoms with E-state index in [9.17, 15) is 20.7 Å². The van der Waals surface area contributed by atoms with E-state index in [1.54, 1.807) is 13.8 Å². The Hall–Kier alpha value is -1.03. The van der Waals surface area contributed by atoms with Gasteiger partial charge in [0.05, 0.1) is 15.9 Å². The highest BCUT2D eigenvalue weighted by atomic mass is 32.3. The maximum atomic E-state index is 12.8. The lowest BCUT2D eigenvalue weighted by atomic mass is 10.4. The monoisotopic (exact) mass is 325 g/mol. The van der Waals surface area contributed by atoms with Crippen molar-refractivity contribution in [2.45, 2.75) is 29.7 Å². The number of hydrogen-bond acceptors (Lipinski definition) is 5. The molecule has 0 bridgehead atoms. The maximum Gasteiger partial charge on any atom is 0.332 e. The normalized spacial score (nSPS) is 14.2. The second-order valence-electron chi connectivity index (χ2n) is 4.03. The minimum absolute atomic E-state index is 0.0305. The molecule has 0 saturated carbocycles. The summed E-state index contributed by atoms with van der Waals surface area (Å²) in [6, 6.07) is 4.09. The topological polar surface area (TPSA) is 89.5 Å². The second kappa shape index (κ2) is 6.61. The summed E-state index contributed by atoms with van der Waals surface area (Å²) in [6.45, 7) is 3.94. The van der Waals surface area contributed by atoms with Crippen LogP contribution < -0.4 is 4.72 Å². The van der Waals surface area contributed by atoms with Crippen molar-refractivity contribution >= 4 is 20.2 Å². The molecule has 1 N–H and O–H groups in total. The van der Waals surface area contributed by atoms with Gasteiger partial charge in [0, 0.05) is 13.2 Å². The van der Waals surface area contributed by atoms with Gasteiger partial charge in [-0.25, -0.2) is 13.1 Å². The van der Waals surface area contributed by atoms with Gasteiger partial charge in [-0.3, -0.25) is 0 Å². The number of sulfonamides is 1. The average molecular weight is 325 g/mol. The van der Waals surface area contributed by atoms with Crippen LogP contribution in [0.15, 0.2) is 34.1 Å². The fourth-order valence-corrected chi connectivity index (χ4v) is 3.19. The van der Waals surface area contributed by atoms with E-state index in [-0.39, 0.29) is 17.5 Å². The number of hydrogen-bond donors (Lipinski definition) is 1. The molecule has 0 saturated heterocycles. The molecule has 20 heavy (non-hydrogen) atoms. The summed E-state index contributed by atoms with van der Waals surface area (Å²) in [5, 5.41) is 0. The summed E-state index contributed by atoms with van der Waals surface area (Å²) < 4.78 is 65.7. The van der Waals surface area contributed by atoms with E-state index < -0.39 is 25.1 Å². The molecule has 0 amide bonds. The highest BCUT2D eigenvalue weighted by molar-refractivity contribution is 7.89. The zero-order valence-corrected chi connectivity index (χ0v) is 12.7. The summed E-state index contributed by atoms with van der Waals surface area (Å²) in [6.07, 6.45) is -0.331. The Balaban J connectivity index is 2.94. The largest absolute Gasteiger partial charge is 0.377 e. The number of halogens is 1. The van der Waals surface area contributed by atoms with Gasteiger partial charge in [0.2, 0.25) is 10.0 Å². The van der Waals surface area contributed by atoms with Gasteiger partial charge in [-0.1, -0.05) is 6.07 Å². The Morgan fingerprint density at radius 2 is 1.85 bits per heavy atom. The van der Waals surface area contributed by atoms with E-state index >= 15 is 0 Å². The zero-order chi connectivity index (χ0) is 15.4.